The van der Waals surface area contributed by atoms with Gasteiger partial charge < -0.3 is 14.8 Å². The van der Waals surface area contributed by atoms with Crippen LogP contribution in [0.1, 0.15) is 53.9 Å². The van der Waals surface area contributed by atoms with Gasteiger partial charge >= 0.3 is 6.09 Å². The molecule has 3 unspecified atom stereocenters. The Balaban J connectivity index is 2.65. The van der Waals surface area contributed by atoms with Crippen molar-refractivity contribution in [3.05, 3.63) is 0 Å². The van der Waals surface area contributed by atoms with Crippen LogP contribution in [0, 0.1) is 5.92 Å². The molecule has 0 saturated carbocycles. The number of Topliss-reactive ketones (excluding diaryl/α,β-unsaturated/α-hetero) is 1. The van der Waals surface area contributed by atoms with E-state index < -0.39 is 11.7 Å². The number of ketones is 1. The van der Waals surface area contributed by atoms with Gasteiger partial charge in [-0.3, -0.25) is 4.79 Å². The van der Waals surface area contributed by atoms with E-state index in [1.54, 1.807) is 0 Å². The summed E-state index contributed by atoms with van der Waals surface area (Å²) in [6.07, 6.45) is 1.76. The van der Waals surface area contributed by atoms with Gasteiger partial charge in [0.15, 0.2) is 5.78 Å². The molecule has 1 rings (SSSR count). The first-order valence-electron chi connectivity index (χ1n) is 7.35. The van der Waals surface area contributed by atoms with Crippen molar-refractivity contribution in [1.82, 2.24) is 5.32 Å². The molecule has 1 aliphatic heterocycles. The van der Waals surface area contributed by atoms with Crippen LogP contribution in [-0.2, 0) is 14.3 Å². The molecule has 0 radical (unpaired) electrons. The van der Waals surface area contributed by atoms with E-state index in [-0.39, 0.29) is 24.5 Å². The topological polar surface area (TPSA) is 64.6 Å². The minimum Gasteiger partial charge on any atom is -0.444 e. The maximum absolute atomic E-state index is 11.9. The number of alkyl carbamates (subject to hydrolysis) is 1. The lowest BCUT2D eigenvalue weighted by Gasteiger charge is -2.35. The second kappa shape index (κ2) is 7.07. The van der Waals surface area contributed by atoms with Crippen LogP contribution >= 0.6 is 0 Å². The molecule has 116 valence electrons. The number of amides is 1. The molecule has 1 saturated heterocycles. The van der Waals surface area contributed by atoms with Crippen LogP contribution in [-0.4, -0.2) is 36.2 Å². The van der Waals surface area contributed by atoms with E-state index >= 15 is 0 Å². The number of rotatable bonds is 4. The predicted molar refractivity (Wildman–Crippen MR) is 76.6 cm³/mol. The van der Waals surface area contributed by atoms with Crippen LogP contribution in [0.5, 0.6) is 0 Å². The van der Waals surface area contributed by atoms with Crippen LogP contribution in [0.15, 0.2) is 0 Å². The average molecular weight is 285 g/mol. The summed E-state index contributed by atoms with van der Waals surface area (Å²) in [6.45, 7) is 9.78. The second-order valence-corrected chi connectivity index (χ2v) is 6.54. The quantitative estimate of drug-likeness (QED) is 0.862. The van der Waals surface area contributed by atoms with Gasteiger partial charge in [0.1, 0.15) is 12.2 Å². The number of carbonyl (C=O) groups excluding carboxylic acids is 2. The van der Waals surface area contributed by atoms with Crippen molar-refractivity contribution in [1.29, 1.82) is 0 Å². The highest BCUT2D eigenvalue weighted by Gasteiger charge is 2.35. The van der Waals surface area contributed by atoms with E-state index in [9.17, 15) is 9.59 Å². The Morgan fingerprint density at radius 1 is 1.50 bits per heavy atom. The normalized spacial score (nSPS) is 25.1. The lowest BCUT2D eigenvalue weighted by molar-refractivity contribution is -0.136. The van der Waals surface area contributed by atoms with Gasteiger partial charge in [0.05, 0.1) is 12.1 Å². The molecule has 20 heavy (non-hydrogen) atoms. The molecule has 0 spiro atoms. The summed E-state index contributed by atoms with van der Waals surface area (Å²) in [5.74, 6) is 0.319. The van der Waals surface area contributed by atoms with Crippen molar-refractivity contribution in [2.45, 2.75) is 71.6 Å². The zero-order valence-electron chi connectivity index (χ0n) is 13.2. The van der Waals surface area contributed by atoms with Gasteiger partial charge in [0, 0.05) is 6.42 Å². The molecule has 0 aromatic heterocycles. The van der Waals surface area contributed by atoms with E-state index in [0.717, 1.165) is 12.8 Å². The van der Waals surface area contributed by atoms with Crippen molar-refractivity contribution < 1.29 is 19.1 Å². The van der Waals surface area contributed by atoms with Crippen LogP contribution < -0.4 is 5.32 Å². The van der Waals surface area contributed by atoms with Crippen molar-refractivity contribution in [3.63, 3.8) is 0 Å². The number of hydrogen-bond acceptors (Lipinski definition) is 4. The molecule has 0 aliphatic carbocycles. The summed E-state index contributed by atoms with van der Waals surface area (Å²) in [5.41, 5.74) is -0.547. The van der Waals surface area contributed by atoms with Gasteiger partial charge in [-0.15, -0.1) is 0 Å². The third-order valence-electron chi connectivity index (χ3n) is 3.29. The summed E-state index contributed by atoms with van der Waals surface area (Å²) in [6, 6.07) is -0.298. The van der Waals surface area contributed by atoms with Crippen molar-refractivity contribution in [3.8, 4) is 0 Å². The van der Waals surface area contributed by atoms with Crippen LogP contribution in [0.3, 0.4) is 0 Å². The standard InChI is InChI=1S/C15H27NO4/c1-6-7-10(2)13-12(8-11(17)9-19-13)16-14(18)20-15(3,4)5/h10,12-13H,6-9H2,1-5H3,(H,16,18). The molecule has 5 heteroatoms. The van der Waals surface area contributed by atoms with Crippen molar-refractivity contribution >= 4 is 11.9 Å². The minimum atomic E-state index is -0.547. The van der Waals surface area contributed by atoms with Crippen molar-refractivity contribution in [2.24, 2.45) is 5.92 Å². The fraction of sp³-hybridized carbons (Fsp3) is 0.867. The lowest BCUT2D eigenvalue weighted by atomic mass is 9.89. The van der Waals surface area contributed by atoms with E-state index in [4.69, 9.17) is 9.47 Å². The molecule has 1 aliphatic rings. The maximum Gasteiger partial charge on any atom is 0.407 e. The Kier molecular flexibility index (Phi) is 5.99. The fourth-order valence-electron chi connectivity index (χ4n) is 2.50. The molecule has 1 N–H and O–H groups in total. The summed E-state index contributed by atoms with van der Waals surface area (Å²) in [7, 11) is 0. The van der Waals surface area contributed by atoms with Gasteiger partial charge in [0.2, 0.25) is 0 Å². The zero-order valence-corrected chi connectivity index (χ0v) is 13.2. The van der Waals surface area contributed by atoms with E-state index in [1.807, 2.05) is 20.8 Å². The molecule has 0 bridgehead atoms. The van der Waals surface area contributed by atoms with Gasteiger partial charge in [0.25, 0.3) is 0 Å². The van der Waals surface area contributed by atoms with E-state index in [0.29, 0.717) is 12.3 Å². The van der Waals surface area contributed by atoms with Crippen LogP contribution in [0.25, 0.3) is 0 Å². The molecular formula is C15H27NO4. The summed E-state index contributed by atoms with van der Waals surface area (Å²) in [5, 5.41) is 2.79. The van der Waals surface area contributed by atoms with Gasteiger partial charge in [-0.05, 0) is 33.1 Å². The first-order chi connectivity index (χ1) is 9.23. The third kappa shape index (κ3) is 5.49. The number of nitrogens with one attached hydrogen (secondary N) is 1. The molecular weight excluding hydrogens is 258 g/mol. The third-order valence-corrected chi connectivity index (χ3v) is 3.29. The number of carbonyl (C=O) groups is 2. The molecule has 0 aromatic carbocycles. The maximum atomic E-state index is 11.9. The Labute approximate surface area is 121 Å². The summed E-state index contributed by atoms with van der Waals surface area (Å²) < 4.78 is 10.9. The number of hydrogen-bond donors (Lipinski definition) is 1. The predicted octanol–water partition coefficient (Wildman–Crippen LogP) is 2.67. The Hall–Kier alpha value is -1.10. The van der Waals surface area contributed by atoms with E-state index in [2.05, 4.69) is 19.2 Å². The average Bonchev–Trinajstić information content (AvgIpc) is 2.26. The largest absolute Gasteiger partial charge is 0.444 e. The smallest absolute Gasteiger partial charge is 0.407 e. The highest BCUT2D eigenvalue weighted by Crippen LogP contribution is 2.23. The highest BCUT2D eigenvalue weighted by atomic mass is 16.6. The SMILES string of the molecule is CCCC(C)C1OCC(=O)CC1NC(=O)OC(C)(C)C. The fourth-order valence-corrected chi connectivity index (χ4v) is 2.50. The molecule has 0 aromatic rings. The molecule has 1 fully saturated rings. The monoisotopic (exact) mass is 285 g/mol. The Morgan fingerprint density at radius 2 is 2.15 bits per heavy atom. The summed E-state index contributed by atoms with van der Waals surface area (Å²) in [4.78, 5) is 23.4. The lowest BCUT2D eigenvalue weighted by Crippen LogP contribution is -2.53. The number of ether oxygens (including phenoxy) is 2. The Bertz CT molecular complexity index is 348. The zero-order chi connectivity index (χ0) is 15.3. The first-order valence-corrected chi connectivity index (χ1v) is 7.35. The molecule has 3 atom stereocenters. The van der Waals surface area contributed by atoms with Gasteiger partial charge in [-0.1, -0.05) is 20.3 Å². The highest BCUT2D eigenvalue weighted by molar-refractivity contribution is 5.82. The molecule has 1 heterocycles. The van der Waals surface area contributed by atoms with Crippen LogP contribution in [0.2, 0.25) is 0 Å². The minimum absolute atomic E-state index is 0.0195. The molecule has 1 amide bonds. The molecule has 5 nitrogen and oxygen atoms in total. The second-order valence-electron chi connectivity index (χ2n) is 6.54. The van der Waals surface area contributed by atoms with Gasteiger partial charge in [-0.25, -0.2) is 4.79 Å². The Morgan fingerprint density at radius 3 is 2.70 bits per heavy atom. The van der Waals surface area contributed by atoms with Crippen molar-refractivity contribution in [2.75, 3.05) is 6.61 Å². The van der Waals surface area contributed by atoms with E-state index in [1.165, 1.54) is 0 Å². The van der Waals surface area contributed by atoms with Gasteiger partial charge in [-0.2, -0.15) is 0 Å². The summed E-state index contributed by atoms with van der Waals surface area (Å²) >= 11 is 0. The first kappa shape index (κ1) is 17.0. The van der Waals surface area contributed by atoms with Crippen LogP contribution in [0.4, 0.5) is 4.79 Å².